The van der Waals surface area contributed by atoms with Crippen molar-refractivity contribution in [3.8, 4) is 0 Å². The summed E-state index contributed by atoms with van der Waals surface area (Å²) in [7, 11) is -3.87. The van der Waals surface area contributed by atoms with E-state index in [9.17, 15) is 39.6 Å². The van der Waals surface area contributed by atoms with Gasteiger partial charge >= 0.3 is 12.4 Å². The normalized spacial score (nSPS) is 17.5. The van der Waals surface area contributed by atoms with E-state index in [1.54, 1.807) is 23.5 Å². The van der Waals surface area contributed by atoms with Crippen molar-refractivity contribution < 1.29 is 39.5 Å². The molecule has 0 spiro atoms. The molecule has 0 fully saturated rings. The van der Waals surface area contributed by atoms with Gasteiger partial charge in [0.2, 0.25) is 10.0 Å². The van der Waals surface area contributed by atoms with Crippen LogP contribution >= 0.6 is 0 Å². The maximum Gasteiger partial charge on any atom is 0.423 e. The van der Waals surface area contributed by atoms with Gasteiger partial charge in [-0.25, -0.2) is 18.5 Å². The summed E-state index contributed by atoms with van der Waals surface area (Å²) in [6, 6.07) is -0.0918. The Morgan fingerprint density at radius 3 is 2.54 bits per heavy atom. The van der Waals surface area contributed by atoms with Crippen LogP contribution in [0.5, 0.6) is 0 Å². The number of hydrogen-bond acceptors (Lipinski definition) is 7. The fourth-order valence-corrected chi connectivity index (χ4v) is 6.31. The van der Waals surface area contributed by atoms with Gasteiger partial charge in [-0.1, -0.05) is 6.92 Å². The van der Waals surface area contributed by atoms with Crippen LogP contribution < -0.4 is 10.9 Å². The Balaban J connectivity index is 1.42. The monoisotopic (exact) mass is 610 g/mol. The third kappa shape index (κ3) is 6.35. The summed E-state index contributed by atoms with van der Waals surface area (Å²) in [5, 5.41) is 7.95. The van der Waals surface area contributed by atoms with Crippen molar-refractivity contribution in [2.24, 2.45) is 0 Å². The van der Waals surface area contributed by atoms with E-state index < -0.39 is 62.6 Å². The minimum absolute atomic E-state index is 0.0543. The summed E-state index contributed by atoms with van der Waals surface area (Å²) in [5.41, 5.74) is -2.73. The summed E-state index contributed by atoms with van der Waals surface area (Å²) in [5.74, 6) is -0.426. The number of alkyl halides is 6. The summed E-state index contributed by atoms with van der Waals surface area (Å²) in [6.07, 6.45) is -7.52. The molecule has 2 N–H and O–H groups in total. The molecule has 0 saturated heterocycles. The van der Waals surface area contributed by atoms with Gasteiger partial charge < -0.3 is 14.6 Å². The van der Waals surface area contributed by atoms with Crippen LogP contribution in [0, 0.1) is 0 Å². The van der Waals surface area contributed by atoms with Crippen LogP contribution in [0.3, 0.4) is 0 Å². The molecular weight excluding hydrogens is 582 g/mol. The van der Waals surface area contributed by atoms with Crippen molar-refractivity contribution in [2.45, 2.75) is 58.2 Å². The Hall–Kier alpha value is -3.18. The van der Waals surface area contributed by atoms with E-state index in [4.69, 9.17) is 4.74 Å². The molecule has 0 amide bonds. The molecule has 1 aliphatic heterocycles. The van der Waals surface area contributed by atoms with Crippen LogP contribution in [-0.2, 0) is 40.1 Å². The topological polar surface area (TPSA) is 122 Å². The lowest BCUT2D eigenvalue weighted by molar-refractivity contribution is -0.138. The number of anilines is 1. The number of H-pyrrole nitrogens is 1. The fraction of sp³-hybridized carbons (Fsp3) is 0.542. The number of aromatic amines is 1. The van der Waals surface area contributed by atoms with E-state index in [1.165, 1.54) is 11.2 Å². The van der Waals surface area contributed by atoms with Gasteiger partial charge in [0.05, 0.1) is 43.0 Å². The second-order valence-electron chi connectivity index (χ2n) is 9.81. The number of hydrogen-bond donors (Lipinski definition) is 2. The molecule has 3 aromatic rings. The minimum Gasteiger partial charge on any atom is -0.378 e. The quantitative estimate of drug-likeness (QED) is 0.278. The van der Waals surface area contributed by atoms with Crippen molar-refractivity contribution in [3.05, 3.63) is 51.2 Å². The Labute approximate surface area is 230 Å². The van der Waals surface area contributed by atoms with Crippen LogP contribution in [0.2, 0.25) is 0 Å². The number of rotatable bonds is 9. The maximum absolute atomic E-state index is 13.3. The summed E-state index contributed by atoms with van der Waals surface area (Å²) < 4.78 is 114. The zero-order valence-electron chi connectivity index (χ0n) is 22.2. The molecule has 0 radical (unpaired) electrons. The lowest BCUT2D eigenvalue weighted by atomic mass is 10.1. The van der Waals surface area contributed by atoms with Gasteiger partial charge in [0.25, 0.3) is 5.56 Å². The molecule has 0 saturated carbocycles. The van der Waals surface area contributed by atoms with Gasteiger partial charge in [0.15, 0.2) is 0 Å². The van der Waals surface area contributed by atoms with Gasteiger partial charge in [-0.15, -0.1) is 0 Å². The highest BCUT2D eigenvalue weighted by molar-refractivity contribution is 7.89. The van der Waals surface area contributed by atoms with Crippen molar-refractivity contribution >= 4 is 26.7 Å². The molecule has 1 aliphatic rings. The largest absolute Gasteiger partial charge is 0.423 e. The SMILES string of the molecule is CCc1c2n(c3ncc(C(F)(F)F)cc13)[C@H](C)CN(S(=O)(=O)CCOC[C@H](C)Nc1cn[nH]c(=O)c1C(F)(F)F)C2. The number of pyridine rings is 1. The molecular formula is C24H28F6N6O4S. The van der Waals surface area contributed by atoms with Crippen LogP contribution in [-0.4, -0.2) is 64.0 Å². The van der Waals surface area contributed by atoms with Crippen molar-refractivity contribution in [3.63, 3.8) is 0 Å². The fourth-order valence-electron chi connectivity index (χ4n) is 4.97. The Bertz CT molecular complexity index is 1580. The van der Waals surface area contributed by atoms with Gasteiger partial charge in [-0.2, -0.15) is 35.7 Å². The number of aryl methyl sites for hydroxylation is 1. The number of sulfonamides is 1. The van der Waals surface area contributed by atoms with Crippen LogP contribution in [0.15, 0.2) is 23.3 Å². The third-order valence-electron chi connectivity index (χ3n) is 6.76. The molecule has 0 bridgehead atoms. The zero-order valence-corrected chi connectivity index (χ0v) is 23.0. The third-order valence-corrected chi connectivity index (χ3v) is 8.51. The first kappa shape index (κ1) is 30.8. The van der Waals surface area contributed by atoms with Crippen LogP contribution in [0.1, 0.15) is 49.2 Å². The number of nitrogens with zero attached hydrogens (tertiary/aromatic N) is 4. The van der Waals surface area contributed by atoms with E-state index in [1.807, 2.05) is 0 Å². The first-order valence-electron chi connectivity index (χ1n) is 12.6. The van der Waals surface area contributed by atoms with E-state index in [-0.39, 0.29) is 26.3 Å². The molecule has 0 unspecified atom stereocenters. The molecule has 226 valence electrons. The molecule has 10 nitrogen and oxygen atoms in total. The molecule has 4 heterocycles. The summed E-state index contributed by atoms with van der Waals surface area (Å²) in [4.78, 5) is 15.7. The zero-order chi connectivity index (χ0) is 30.3. The standard InChI is InChI=1S/C24H28F6N6O4S/c1-4-16-17-7-15(23(25,26)27)8-31-21(17)36-14(3)10-35(11-19(16)36)41(38,39)6-5-40-12-13(2)33-18-9-32-34-22(37)20(18)24(28,29)30/h7-9,13-14H,4-6,10-12H2,1-3H3,(H2,33,34,37)/t13-,14+/m0/s1. The smallest absolute Gasteiger partial charge is 0.378 e. The molecule has 2 atom stereocenters. The highest BCUT2D eigenvalue weighted by Crippen LogP contribution is 2.37. The molecule has 3 aromatic heterocycles. The van der Waals surface area contributed by atoms with Crippen molar-refractivity contribution in [2.75, 3.05) is 30.8 Å². The molecule has 0 aliphatic carbocycles. The minimum atomic E-state index is -4.92. The molecule has 41 heavy (non-hydrogen) atoms. The Morgan fingerprint density at radius 1 is 1.20 bits per heavy atom. The number of ether oxygens (including phenoxy) is 1. The number of halogens is 6. The summed E-state index contributed by atoms with van der Waals surface area (Å²) in [6.45, 7) is 4.60. The second kappa shape index (κ2) is 11.2. The number of nitrogens with one attached hydrogen (secondary N) is 2. The van der Waals surface area contributed by atoms with Gasteiger partial charge in [-0.05, 0) is 31.9 Å². The first-order valence-corrected chi connectivity index (χ1v) is 14.2. The van der Waals surface area contributed by atoms with Crippen molar-refractivity contribution in [1.29, 1.82) is 0 Å². The first-order chi connectivity index (χ1) is 19.0. The number of fused-ring (bicyclic) bond motifs is 3. The molecule has 4 rings (SSSR count). The van der Waals surface area contributed by atoms with Gasteiger partial charge in [-0.3, -0.25) is 4.79 Å². The highest BCUT2D eigenvalue weighted by atomic mass is 32.2. The molecule has 17 heteroatoms. The summed E-state index contributed by atoms with van der Waals surface area (Å²) >= 11 is 0. The van der Waals surface area contributed by atoms with E-state index in [2.05, 4.69) is 15.4 Å². The predicted molar refractivity (Wildman–Crippen MR) is 137 cm³/mol. The van der Waals surface area contributed by atoms with E-state index in [0.29, 0.717) is 28.7 Å². The Kier molecular flexibility index (Phi) is 8.44. The lowest BCUT2D eigenvalue weighted by Crippen LogP contribution is -2.42. The van der Waals surface area contributed by atoms with Crippen LogP contribution in [0.4, 0.5) is 32.0 Å². The predicted octanol–water partition coefficient (Wildman–Crippen LogP) is 3.94. The lowest BCUT2D eigenvalue weighted by Gasteiger charge is -2.33. The van der Waals surface area contributed by atoms with E-state index >= 15 is 0 Å². The highest BCUT2D eigenvalue weighted by Gasteiger charge is 2.38. The second-order valence-corrected chi connectivity index (χ2v) is 11.9. The van der Waals surface area contributed by atoms with Gasteiger partial charge in [0, 0.05) is 35.9 Å². The Morgan fingerprint density at radius 2 is 1.90 bits per heavy atom. The molecule has 0 aromatic carbocycles. The average Bonchev–Trinajstić information content (AvgIpc) is 3.18. The van der Waals surface area contributed by atoms with Crippen LogP contribution in [0.25, 0.3) is 11.0 Å². The van der Waals surface area contributed by atoms with E-state index in [0.717, 1.165) is 18.5 Å². The maximum atomic E-state index is 13.3. The van der Waals surface area contributed by atoms with Crippen molar-refractivity contribution in [1.82, 2.24) is 24.1 Å². The van der Waals surface area contributed by atoms with Gasteiger partial charge in [0.1, 0.15) is 11.2 Å². The number of aromatic nitrogens is 4. The average molecular weight is 611 g/mol.